The standard InChI is InChI=1S/C13H24N4.ClH/c1-10(14)12-5-4-6-17(8-12)9-13-7-15-16(3)11(13)2;/h7,10,12H,4-6,8-9,14H2,1-3H3;1H. The second-order valence-electron chi connectivity index (χ2n) is 5.38. The van der Waals surface area contributed by atoms with E-state index in [1.54, 1.807) is 0 Å². The fourth-order valence-electron chi connectivity index (χ4n) is 2.60. The van der Waals surface area contributed by atoms with Crippen molar-refractivity contribution < 1.29 is 0 Å². The van der Waals surface area contributed by atoms with Crippen molar-refractivity contribution in [2.24, 2.45) is 18.7 Å². The number of aryl methyl sites for hydroxylation is 1. The zero-order valence-electron chi connectivity index (χ0n) is 11.6. The fourth-order valence-corrected chi connectivity index (χ4v) is 2.60. The first-order valence-electron chi connectivity index (χ1n) is 6.53. The van der Waals surface area contributed by atoms with Gasteiger partial charge in [-0.25, -0.2) is 0 Å². The van der Waals surface area contributed by atoms with Crippen LogP contribution in [0, 0.1) is 12.8 Å². The Morgan fingerprint density at radius 2 is 2.28 bits per heavy atom. The molecule has 4 nitrogen and oxygen atoms in total. The van der Waals surface area contributed by atoms with E-state index in [4.69, 9.17) is 5.73 Å². The van der Waals surface area contributed by atoms with Gasteiger partial charge in [-0.05, 0) is 39.2 Å². The lowest BCUT2D eigenvalue weighted by atomic mass is 9.92. The summed E-state index contributed by atoms with van der Waals surface area (Å²) >= 11 is 0. The van der Waals surface area contributed by atoms with Crippen LogP contribution >= 0.6 is 12.4 Å². The molecule has 5 heteroatoms. The van der Waals surface area contributed by atoms with E-state index >= 15 is 0 Å². The monoisotopic (exact) mass is 272 g/mol. The van der Waals surface area contributed by atoms with Gasteiger partial charge >= 0.3 is 0 Å². The number of halogens is 1. The molecule has 0 amide bonds. The molecule has 1 aliphatic rings. The molecule has 1 saturated heterocycles. The number of hydrogen-bond donors (Lipinski definition) is 1. The predicted octanol–water partition coefficient (Wildman–Crippen LogP) is 1.71. The summed E-state index contributed by atoms with van der Waals surface area (Å²) in [7, 11) is 2.00. The molecule has 18 heavy (non-hydrogen) atoms. The molecule has 2 N–H and O–H groups in total. The Labute approximate surface area is 116 Å². The van der Waals surface area contributed by atoms with Crippen molar-refractivity contribution in [3.63, 3.8) is 0 Å². The third-order valence-electron chi connectivity index (χ3n) is 4.02. The highest BCUT2D eigenvalue weighted by atomic mass is 35.5. The van der Waals surface area contributed by atoms with Crippen molar-refractivity contribution in [1.29, 1.82) is 0 Å². The molecule has 1 aromatic heterocycles. The Balaban J connectivity index is 0.00000162. The van der Waals surface area contributed by atoms with Gasteiger partial charge < -0.3 is 5.73 Å². The first-order valence-corrected chi connectivity index (χ1v) is 6.53. The number of aromatic nitrogens is 2. The molecular weight excluding hydrogens is 248 g/mol. The summed E-state index contributed by atoms with van der Waals surface area (Å²) in [6.45, 7) is 7.60. The number of likely N-dealkylation sites (tertiary alicyclic amines) is 1. The third kappa shape index (κ3) is 3.46. The van der Waals surface area contributed by atoms with E-state index in [9.17, 15) is 0 Å². The van der Waals surface area contributed by atoms with Gasteiger partial charge in [0.1, 0.15) is 0 Å². The van der Waals surface area contributed by atoms with E-state index in [0.29, 0.717) is 12.0 Å². The Morgan fingerprint density at radius 3 is 2.83 bits per heavy atom. The van der Waals surface area contributed by atoms with Gasteiger partial charge in [0.25, 0.3) is 0 Å². The maximum Gasteiger partial charge on any atom is 0.0537 e. The molecule has 2 atom stereocenters. The van der Waals surface area contributed by atoms with Gasteiger partial charge in [0, 0.05) is 37.4 Å². The van der Waals surface area contributed by atoms with Crippen LogP contribution in [0.5, 0.6) is 0 Å². The van der Waals surface area contributed by atoms with Crippen LogP contribution in [0.2, 0.25) is 0 Å². The van der Waals surface area contributed by atoms with E-state index in [2.05, 4.69) is 23.8 Å². The number of nitrogens with zero attached hydrogens (tertiary/aromatic N) is 3. The van der Waals surface area contributed by atoms with Crippen molar-refractivity contribution in [3.8, 4) is 0 Å². The third-order valence-corrected chi connectivity index (χ3v) is 4.02. The number of rotatable bonds is 3. The molecule has 2 unspecified atom stereocenters. The van der Waals surface area contributed by atoms with E-state index in [-0.39, 0.29) is 12.4 Å². The summed E-state index contributed by atoms with van der Waals surface area (Å²) in [5, 5.41) is 4.30. The summed E-state index contributed by atoms with van der Waals surface area (Å²) in [6.07, 6.45) is 4.54. The van der Waals surface area contributed by atoms with Crippen molar-refractivity contribution >= 4 is 12.4 Å². The average molecular weight is 273 g/mol. The molecule has 0 aliphatic carbocycles. The zero-order valence-corrected chi connectivity index (χ0v) is 12.4. The van der Waals surface area contributed by atoms with Gasteiger partial charge in [-0.1, -0.05) is 0 Å². The lowest BCUT2D eigenvalue weighted by Crippen LogP contribution is -2.41. The predicted molar refractivity (Wildman–Crippen MR) is 76.8 cm³/mol. The second kappa shape index (κ2) is 6.55. The van der Waals surface area contributed by atoms with E-state index in [1.165, 1.54) is 30.6 Å². The SMILES string of the molecule is Cc1c(CN2CCCC(C(C)N)C2)cnn1C.Cl. The zero-order chi connectivity index (χ0) is 12.4. The quantitative estimate of drug-likeness (QED) is 0.911. The highest BCUT2D eigenvalue weighted by Gasteiger charge is 2.23. The maximum absolute atomic E-state index is 6.01. The second-order valence-corrected chi connectivity index (χ2v) is 5.38. The molecule has 0 saturated carbocycles. The van der Waals surface area contributed by atoms with Crippen LogP contribution in [-0.4, -0.2) is 33.8 Å². The molecule has 2 heterocycles. The van der Waals surface area contributed by atoms with Crippen LogP contribution in [0.15, 0.2) is 6.20 Å². The number of nitrogens with two attached hydrogens (primary N) is 1. The molecular formula is C13H25ClN4. The highest BCUT2D eigenvalue weighted by molar-refractivity contribution is 5.85. The van der Waals surface area contributed by atoms with Crippen LogP contribution < -0.4 is 5.73 Å². The molecule has 1 aliphatic heterocycles. The van der Waals surface area contributed by atoms with Crippen molar-refractivity contribution in [2.75, 3.05) is 13.1 Å². The van der Waals surface area contributed by atoms with Gasteiger partial charge in [-0.15, -0.1) is 12.4 Å². The van der Waals surface area contributed by atoms with Crippen molar-refractivity contribution in [2.45, 2.75) is 39.3 Å². The van der Waals surface area contributed by atoms with E-state index in [1.807, 2.05) is 17.9 Å². The van der Waals surface area contributed by atoms with Crippen LogP contribution in [0.25, 0.3) is 0 Å². The summed E-state index contributed by atoms with van der Waals surface area (Å²) in [5.74, 6) is 0.653. The van der Waals surface area contributed by atoms with Crippen molar-refractivity contribution in [3.05, 3.63) is 17.5 Å². The van der Waals surface area contributed by atoms with Crippen molar-refractivity contribution in [1.82, 2.24) is 14.7 Å². The minimum Gasteiger partial charge on any atom is -0.328 e. The van der Waals surface area contributed by atoms with Gasteiger partial charge in [-0.3, -0.25) is 9.58 Å². The summed E-state index contributed by atoms with van der Waals surface area (Å²) in [6, 6.07) is 0.313. The van der Waals surface area contributed by atoms with Crippen LogP contribution in [-0.2, 0) is 13.6 Å². The largest absolute Gasteiger partial charge is 0.328 e. The normalized spacial score (nSPS) is 22.6. The summed E-state index contributed by atoms with van der Waals surface area (Å²) in [4.78, 5) is 2.52. The maximum atomic E-state index is 6.01. The fraction of sp³-hybridized carbons (Fsp3) is 0.769. The van der Waals surface area contributed by atoms with Gasteiger partial charge in [-0.2, -0.15) is 5.10 Å². The highest BCUT2D eigenvalue weighted by Crippen LogP contribution is 2.21. The topological polar surface area (TPSA) is 47.1 Å². The van der Waals surface area contributed by atoms with Crippen LogP contribution in [0.1, 0.15) is 31.0 Å². The summed E-state index contributed by atoms with van der Waals surface area (Å²) in [5.41, 5.74) is 8.63. The lowest BCUT2D eigenvalue weighted by Gasteiger charge is -2.34. The van der Waals surface area contributed by atoms with Crippen LogP contribution in [0.3, 0.4) is 0 Å². The first-order chi connectivity index (χ1) is 8.08. The Morgan fingerprint density at radius 1 is 1.56 bits per heavy atom. The van der Waals surface area contributed by atoms with E-state index < -0.39 is 0 Å². The van der Waals surface area contributed by atoms with Gasteiger partial charge in [0.2, 0.25) is 0 Å². The summed E-state index contributed by atoms with van der Waals surface area (Å²) < 4.78 is 1.95. The molecule has 104 valence electrons. The molecule has 2 rings (SSSR count). The number of piperidine rings is 1. The molecule has 1 aromatic rings. The molecule has 0 aromatic carbocycles. The molecule has 1 fully saturated rings. The minimum absolute atomic E-state index is 0. The van der Waals surface area contributed by atoms with E-state index in [0.717, 1.165) is 13.1 Å². The minimum atomic E-state index is 0. The Bertz CT molecular complexity index is 375. The Hall–Kier alpha value is -0.580. The Kier molecular flexibility index (Phi) is 5.63. The lowest BCUT2D eigenvalue weighted by molar-refractivity contribution is 0.154. The molecule has 0 radical (unpaired) electrons. The molecule has 0 bridgehead atoms. The van der Waals surface area contributed by atoms with Gasteiger partial charge in [0.05, 0.1) is 6.20 Å². The first kappa shape index (κ1) is 15.5. The number of hydrogen-bond acceptors (Lipinski definition) is 3. The average Bonchev–Trinajstić information content (AvgIpc) is 2.61. The smallest absolute Gasteiger partial charge is 0.0537 e. The van der Waals surface area contributed by atoms with Gasteiger partial charge in [0.15, 0.2) is 0 Å². The molecule has 0 spiro atoms. The van der Waals surface area contributed by atoms with Crippen LogP contribution in [0.4, 0.5) is 0 Å².